The largest absolute Gasteiger partial charge is 0.473 e. The lowest BCUT2D eigenvalue weighted by Gasteiger charge is -2.15. The summed E-state index contributed by atoms with van der Waals surface area (Å²) in [6.07, 6.45) is 2.93. The third kappa shape index (κ3) is 3.14. The van der Waals surface area contributed by atoms with E-state index in [1.807, 2.05) is 19.3 Å². The number of likely N-dealkylation sites (tertiary alicyclic amines) is 1. The number of pyridine rings is 1. The molecule has 1 unspecified atom stereocenters. The average Bonchev–Trinajstić information content (AvgIpc) is 3.00. The topological polar surface area (TPSA) is 43.2 Å². The Balaban J connectivity index is 1.54. The van der Waals surface area contributed by atoms with Crippen LogP contribution >= 0.6 is 0 Å². The van der Waals surface area contributed by atoms with Gasteiger partial charge in [0.15, 0.2) is 0 Å². The fraction of sp³-hybridized carbons (Fsp3) is 0.429. The van der Waals surface area contributed by atoms with Crippen LogP contribution in [0.15, 0.2) is 30.5 Å². The Labute approximate surface area is 117 Å². The summed E-state index contributed by atoms with van der Waals surface area (Å²) >= 11 is 0. The molecule has 0 bridgehead atoms. The van der Waals surface area contributed by atoms with Gasteiger partial charge in [0.05, 0.1) is 5.69 Å². The maximum absolute atomic E-state index is 13.0. The first kappa shape index (κ1) is 13.1. The summed E-state index contributed by atoms with van der Waals surface area (Å²) in [5.41, 5.74) is 1.05. The van der Waals surface area contributed by atoms with Crippen molar-refractivity contribution in [3.8, 4) is 5.88 Å². The highest BCUT2D eigenvalue weighted by Gasteiger charge is 2.24. The van der Waals surface area contributed by atoms with Gasteiger partial charge >= 0.3 is 0 Å². The van der Waals surface area contributed by atoms with Crippen molar-refractivity contribution in [1.29, 1.82) is 0 Å². The molecule has 1 aliphatic rings. The summed E-state index contributed by atoms with van der Waals surface area (Å²) in [5, 5.41) is 4.37. The van der Waals surface area contributed by atoms with Crippen molar-refractivity contribution in [2.24, 2.45) is 7.05 Å². The number of halogens is 1. The van der Waals surface area contributed by atoms with Crippen molar-refractivity contribution in [1.82, 2.24) is 19.7 Å². The Morgan fingerprint density at radius 3 is 3.05 bits per heavy atom. The molecule has 1 saturated heterocycles. The number of hydrogen-bond acceptors (Lipinski definition) is 4. The molecule has 0 saturated carbocycles. The van der Waals surface area contributed by atoms with E-state index in [4.69, 9.17) is 4.74 Å². The zero-order valence-corrected chi connectivity index (χ0v) is 11.4. The standard InChI is InChI=1S/C14H17FN4O/c1-18-7-5-11(17-18)9-19-8-6-12(10-19)20-14-4-2-3-13(15)16-14/h2-5,7,12H,6,8-10H2,1H3. The Hall–Kier alpha value is -1.95. The van der Waals surface area contributed by atoms with E-state index in [-0.39, 0.29) is 6.10 Å². The second-order valence-corrected chi connectivity index (χ2v) is 5.04. The smallest absolute Gasteiger partial charge is 0.216 e. The van der Waals surface area contributed by atoms with E-state index in [1.54, 1.807) is 16.8 Å². The molecule has 3 heterocycles. The number of aryl methyl sites for hydroxylation is 1. The van der Waals surface area contributed by atoms with E-state index in [0.29, 0.717) is 5.88 Å². The fourth-order valence-corrected chi connectivity index (χ4v) is 2.44. The molecule has 1 fully saturated rings. The first-order valence-electron chi connectivity index (χ1n) is 6.69. The van der Waals surface area contributed by atoms with Crippen LogP contribution in [0.25, 0.3) is 0 Å². The van der Waals surface area contributed by atoms with Gasteiger partial charge in [-0.1, -0.05) is 6.07 Å². The van der Waals surface area contributed by atoms with Crippen LogP contribution < -0.4 is 4.74 Å². The molecular formula is C14H17FN4O. The molecule has 2 aromatic rings. The number of hydrogen-bond donors (Lipinski definition) is 0. The van der Waals surface area contributed by atoms with Gasteiger partial charge in [0, 0.05) is 38.9 Å². The van der Waals surface area contributed by atoms with Gasteiger partial charge in [0.25, 0.3) is 0 Å². The molecule has 3 rings (SSSR count). The van der Waals surface area contributed by atoms with E-state index < -0.39 is 5.95 Å². The number of nitrogens with zero attached hydrogens (tertiary/aromatic N) is 4. The molecule has 0 N–H and O–H groups in total. The molecule has 0 spiro atoms. The van der Waals surface area contributed by atoms with Gasteiger partial charge < -0.3 is 4.74 Å². The lowest BCUT2D eigenvalue weighted by atomic mass is 10.3. The molecule has 106 valence electrons. The maximum Gasteiger partial charge on any atom is 0.216 e. The van der Waals surface area contributed by atoms with Crippen molar-refractivity contribution >= 4 is 0 Å². The van der Waals surface area contributed by atoms with Gasteiger partial charge in [-0.05, 0) is 18.6 Å². The SMILES string of the molecule is Cn1ccc(CN2CCC(Oc3cccc(F)n3)C2)n1. The number of aromatic nitrogens is 3. The van der Waals surface area contributed by atoms with Crippen molar-refractivity contribution in [3.05, 3.63) is 42.1 Å². The van der Waals surface area contributed by atoms with E-state index in [1.165, 1.54) is 6.07 Å². The van der Waals surface area contributed by atoms with Crippen LogP contribution in [0.1, 0.15) is 12.1 Å². The Kier molecular flexibility index (Phi) is 3.64. The molecule has 6 heteroatoms. The molecule has 0 aliphatic carbocycles. The van der Waals surface area contributed by atoms with Crippen LogP contribution in [0.5, 0.6) is 5.88 Å². The number of rotatable bonds is 4. The van der Waals surface area contributed by atoms with E-state index >= 15 is 0 Å². The molecule has 1 atom stereocenters. The summed E-state index contributed by atoms with van der Waals surface area (Å²) in [4.78, 5) is 6.01. The third-order valence-corrected chi connectivity index (χ3v) is 3.36. The normalized spacial score (nSPS) is 19.4. The van der Waals surface area contributed by atoms with Crippen LogP contribution in [0, 0.1) is 5.95 Å². The van der Waals surface area contributed by atoms with Crippen molar-refractivity contribution < 1.29 is 9.13 Å². The van der Waals surface area contributed by atoms with Crippen LogP contribution in [0.2, 0.25) is 0 Å². The maximum atomic E-state index is 13.0. The third-order valence-electron chi connectivity index (χ3n) is 3.36. The predicted octanol–water partition coefficient (Wildman–Crippen LogP) is 1.61. The minimum Gasteiger partial charge on any atom is -0.473 e. The zero-order chi connectivity index (χ0) is 13.9. The lowest BCUT2D eigenvalue weighted by molar-refractivity contribution is 0.189. The van der Waals surface area contributed by atoms with Gasteiger partial charge in [0.2, 0.25) is 11.8 Å². The average molecular weight is 276 g/mol. The van der Waals surface area contributed by atoms with Gasteiger partial charge in [-0.2, -0.15) is 14.5 Å². The molecule has 1 aliphatic heterocycles. The van der Waals surface area contributed by atoms with E-state index in [0.717, 1.165) is 31.7 Å². The van der Waals surface area contributed by atoms with Gasteiger partial charge in [-0.3, -0.25) is 9.58 Å². The highest BCUT2D eigenvalue weighted by molar-refractivity contribution is 5.11. The highest BCUT2D eigenvalue weighted by atomic mass is 19.1. The fourth-order valence-electron chi connectivity index (χ4n) is 2.44. The Morgan fingerprint density at radius 2 is 2.30 bits per heavy atom. The van der Waals surface area contributed by atoms with E-state index in [2.05, 4.69) is 15.0 Å². The lowest BCUT2D eigenvalue weighted by Crippen LogP contribution is -2.25. The molecule has 0 aromatic carbocycles. The number of ether oxygens (including phenoxy) is 1. The summed E-state index contributed by atoms with van der Waals surface area (Å²) in [6.45, 7) is 2.59. The van der Waals surface area contributed by atoms with E-state index in [9.17, 15) is 4.39 Å². The molecule has 5 nitrogen and oxygen atoms in total. The minimum absolute atomic E-state index is 0.0630. The molecular weight excluding hydrogens is 259 g/mol. The molecule has 0 amide bonds. The van der Waals surface area contributed by atoms with Crippen LogP contribution in [-0.4, -0.2) is 38.9 Å². The summed E-state index contributed by atoms with van der Waals surface area (Å²) in [7, 11) is 1.91. The molecule has 2 aromatic heterocycles. The first-order valence-corrected chi connectivity index (χ1v) is 6.69. The van der Waals surface area contributed by atoms with Crippen molar-refractivity contribution in [3.63, 3.8) is 0 Å². The van der Waals surface area contributed by atoms with Crippen molar-refractivity contribution in [2.75, 3.05) is 13.1 Å². The molecule has 0 radical (unpaired) electrons. The van der Waals surface area contributed by atoms with Crippen LogP contribution in [0.3, 0.4) is 0 Å². The van der Waals surface area contributed by atoms with Gasteiger partial charge in [0.1, 0.15) is 6.10 Å². The minimum atomic E-state index is -0.508. The predicted molar refractivity (Wildman–Crippen MR) is 71.7 cm³/mol. The second-order valence-electron chi connectivity index (χ2n) is 5.04. The van der Waals surface area contributed by atoms with Gasteiger partial charge in [-0.25, -0.2) is 0 Å². The second kappa shape index (κ2) is 5.58. The molecule has 20 heavy (non-hydrogen) atoms. The zero-order valence-electron chi connectivity index (χ0n) is 11.4. The quantitative estimate of drug-likeness (QED) is 0.796. The highest BCUT2D eigenvalue weighted by Crippen LogP contribution is 2.18. The Morgan fingerprint density at radius 1 is 1.40 bits per heavy atom. The summed E-state index contributed by atoms with van der Waals surface area (Å²) in [6, 6.07) is 6.62. The van der Waals surface area contributed by atoms with Gasteiger partial charge in [-0.15, -0.1) is 0 Å². The summed E-state index contributed by atoms with van der Waals surface area (Å²) in [5.74, 6) is -0.152. The van der Waals surface area contributed by atoms with Crippen LogP contribution in [0.4, 0.5) is 4.39 Å². The Bertz CT molecular complexity index is 586. The summed E-state index contributed by atoms with van der Waals surface area (Å²) < 4.78 is 20.5. The monoisotopic (exact) mass is 276 g/mol. The van der Waals surface area contributed by atoms with Crippen LogP contribution in [-0.2, 0) is 13.6 Å². The van der Waals surface area contributed by atoms with Crippen molar-refractivity contribution in [2.45, 2.75) is 19.1 Å². The first-order chi connectivity index (χ1) is 9.69.